The second-order valence-corrected chi connectivity index (χ2v) is 3.89. The molecule has 1 unspecified atom stereocenters. The fourth-order valence-electron chi connectivity index (χ4n) is 1.57. The van der Waals surface area contributed by atoms with E-state index in [1.165, 1.54) is 27.4 Å². The minimum Gasteiger partial charge on any atom is -0.497 e. The zero-order chi connectivity index (χ0) is 15.1. The van der Waals surface area contributed by atoms with Crippen LogP contribution in [-0.4, -0.2) is 51.0 Å². The summed E-state index contributed by atoms with van der Waals surface area (Å²) in [6.45, 7) is -0.132. The Kier molecular flexibility index (Phi) is 5.79. The van der Waals surface area contributed by atoms with Gasteiger partial charge in [-0.25, -0.2) is 4.79 Å². The fourth-order valence-corrected chi connectivity index (χ4v) is 1.57. The Labute approximate surface area is 116 Å². The second kappa shape index (κ2) is 7.34. The summed E-state index contributed by atoms with van der Waals surface area (Å²) in [5, 5.41) is 11.3. The van der Waals surface area contributed by atoms with Crippen molar-refractivity contribution in [2.45, 2.75) is 6.04 Å². The van der Waals surface area contributed by atoms with E-state index in [1.807, 2.05) is 0 Å². The number of nitrogens with one attached hydrogen (secondary N) is 1. The first-order valence-electron chi connectivity index (χ1n) is 5.78. The molecule has 0 aliphatic rings. The van der Waals surface area contributed by atoms with Gasteiger partial charge in [-0.3, -0.25) is 4.79 Å². The summed E-state index contributed by atoms with van der Waals surface area (Å²) in [5.74, 6) is -0.966. The van der Waals surface area contributed by atoms with Crippen molar-refractivity contribution < 1.29 is 28.9 Å². The number of benzene rings is 1. The molecule has 0 spiro atoms. The summed E-state index contributed by atoms with van der Waals surface area (Å²) in [5.41, 5.74) is 0.189. The Morgan fingerprint density at radius 1 is 1.25 bits per heavy atom. The van der Waals surface area contributed by atoms with Crippen LogP contribution in [0.1, 0.15) is 10.4 Å². The van der Waals surface area contributed by atoms with E-state index in [0.717, 1.165) is 0 Å². The first-order chi connectivity index (χ1) is 9.53. The first-order valence-corrected chi connectivity index (χ1v) is 5.78. The molecule has 0 aliphatic carbocycles. The van der Waals surface area contributed by atoms with Crippen LogP contribution < -0.4 is 14.8 Å². The summed E-state index contributed by atoms with van der Waals surface area (Å²) >= 11 is 0. The minimum atomic E-state index is -1.18. The average Bonchev–Trinajstić information content (AvgIpc) is 2.45. The van der Waals surface area contributed by atoms with Gasteiger partial charge in [-0.1, -0.05) is 0 Å². The van der Waals surface area contributed by atoms with Crippen molar-refractivity contribution in [3.63, 3.8) is 0 Å². The number of rotatable bonds is 7. The van der Waals surface area contributed by atoms with Crippen molar-refractivity contribution in [3.05, 3.63) is 23.8 Å². The maximum Gasteiger partial charge on any atom is 0.328 e. The van der Waals surface area contributed by atoms with Gasteiger partial charge < -0.3 is 24.6 Å². The van der Waals surface area contributed by atoms with E-state index in [1.54, 1.807) is 12.1 Å². The number of carbonyl (C=O) groups excluding carboxylic acids is 1. The number of carboxylic acids is 1. The Bertz CT molecular complexity index is 488. The van der Waals surface area contributed by atoms with E-state index >= 15 is 0 Å². The number of aliphatic carboxylic acids is 1. The largest absolute Gasteiger partial charge is 0.497 e. The fraction of sp³-hybridized carbons (Fsp3) is 0.385. The Hall–Kier alpha value is -2.28. The Morgan fingerprint density at radius 3 is 2.45 bits per heavy atom. The number of hydrogen-bond donors (Lipinski definition) is 2. The third-order valence-electron chi connectivity index (χ3n) is 2.59. The summed E-state index contributed by atoms with van der Waals surface area (Å²) in [7, 11) is 4.24. The number of amides is 1. The van der Waals surface area contributed by atoms with Crippen LogP contribution >= 0.6 is 0 Å². The summed E-state index contributed by atoms with van der Waals surface area (Å²) in [6, 6.07) is 3.54. The third-order valence-corrected chi connectivity index (χ3v) is 2.59. The number of hydrogen-bond acceptors (Lipinski definition) is 5. The lowest BCUT2D eigenvalue weighted by atomic mass is 10.1. The molecule has 1 atom stereocenters. The van der Waals surface area contributed by atoms with E-state index in [2.05, 4.69) is 5.32 Å². The van der Waals surface area contributed by atoms with Crippen molar-refractivity contribution in [2.24, 2.45) is 0 Å². The monoisotopic (exact) mass is 283 g/mol. The van der Waals surface area contributed by atoms with Crippen molar-refractivity contribution in [1.29, 1.82) is 0 Å². The van der Waals surface area contributed by atoms with E-state index in [0.29, 0.717) is 11.5 Å². The molecule has 0 radical (unpaired) electrons. The van der Waals surface area contributed by atoms with Crippen LogP contribution in [-0.2, 0) is 9.53 Å². The molecule has 0 aliphatic heterocycles. The van der Waals surface area contributed by atoms with Gasteiger partial charge in [0.1, 0.15) is 11.5 Å². The topological polar surface area (TPSA) is 94.1 Å². The van der Waals surface area contributed by atoms with Gasteiger partial charge in [-0.2, -0.15) is 0 Å². The smallest absolute Gasteiger partial charge is 0.328 e. The Morgan fingerprint density at radius 2 is 1.95 bits per heavy atom. The van der Waals surface area contributed by atoms with Gasteiger partial charge in [-0.15, -0.1) is 0 Å². The highest BCUT2D eigenvalue weighted by Gasteiger charge is 2.22. The molecule has 1 rings (SSSR count). The molecule has 1 amide bonds. The molecule has 0 saturated heterocycles. The van der Waals surface area contributed by atoms with Crippen molar-refractivity contribution in [2.75, 3.05) is 27.9 Å². The summed E-state index contributed by atoms with van der Waals surface area (Å²) in [6.07, 6.45) is 0. The molecule has 0 saturated carbocycles. The maximum absolute atomic E-state index is 12.1. The lowest BCUT2D eigenvalue weighted by Gasteiger charge is -2.15. The predicted molar refractivity (Wildman–Crippen MR) is 70.3 cm³/mol. The number of carboxylic acid groups (broad SMARTS) is 1. The lowest BCUT2D eigenvalue weighted by molar-refractivity contribution is -0.140. The zero-order valence-electron chi connectivity index (χ0n) is 11.5. The highest BCUT2D eigenvalue weighted by molar-refractivity contribution is 5.99. The predicted octanol–water partition coefficient (Wildman–Crippen LogP) is 0.533. The molecule has 7 nitrogen and oxygen atoms in total. The molecule has 2 N–H and O–H groups in total. The highest BCUT2D eigenvalue weighted by Crippen LogP contribution is 2.23. The highest BCUT2D eigenvalue weighted by atomic mass is 16.5. The van der Waals surface area contributed by atoms with Gasteiger partial charge in [0.05, 0.1) is 26.4 Å². The van der Waals surface area contributed by atoms with Crippen LogP contribution in [0, 0.1) is 0 Å². The molecule has 7 heteroatoms. The second-order valence-electron chi connectivity index (χ2n) is 3.89. The van der Waals surface area contributed by atoms with E-state index in [-0.39, 0.29) is 12.2 Å². The van der Waals surface area contributed by atoms with E-state index in [9.17, 15) is 9.59 Å². The van der Waals surface area contributed by atoms with Crippen LogP contribution in [0.4, 0.5) is 0 Å². The summed E-state index contributed by atoms with van der Waals surface area (Å²) < 4.78 is 14.9. The van der Waals surface area contributed by atoms with Crippen molar-refractivity contribution in [3.8, 4) is 11.5 Å². The SMILES string of the molecule is COCC(NC(=O)c1cc(OC)ccc1OC)C(=O)O. The average molecular weight is 283 g/mol. The van der Waals surface area contributed by atoms with Crippen LogP contribution in [0.3, 0.4) is 0 Å². The quantitative estimate of drug-likeness (QED) is 0.758. The lowest BCUT2D eigenvalue weighted by Crippen LogP contribution is -2.43. The third kappa shape index (κ3) is 3.86. The molecular formula is C13H17NO6. The molecule has 0 bridgehead atoms. The van der Waals surface area contributed by atoms with Crippen molar-refractivity contribution in [1.82, 2.24) is 5.32 Å². The molecule has 110 valence electrons. The summed E-state index contributed by atoms with van der Waals surface area (Å²) in [4.78, 5) is 23.1. The standard InChI is InChI=1S/C13H17NO6/c1-18-7-10(13(16)17)14-12(15)9-6-8(19-2)4-5-11(9)20-3/h4-6,10H,7H2,1-3H3,(H,14,15)(H,16,17). The molecule has 1 aromatic carbocycles. The normalized spacial score (nSPS) is 11.6. The van der Waals surface area contributed by atoms with Crippen molar-refractivity contribution >= 4 is 11.9 Å². The molecule has 0 heterocycles. The zero-order valence-corrected chi connectivity index (χ0v) is 11.5. The first kappa shape index (κ1) is 15.8. The van der Waals surface area contributed by atoms with Crippen LogP contribution in [0.25, 0.3) is 0 Å². The van der Waals surface area contributed by atoms with E-state index < -0.39 is 17.9 Å². The molecule has 20 heavy (non-hydrogen) atoms. The van der Waals surface area contributed by atoms with Crippen LogP contribution in [0.5, 0.6) is 11.5 Å². The molecular weight excluding hydrogens is 266 g/mol. The molecule has 0 aromatic heterocycles. The van der Waals surface area contributed by atoms with Gasteiger partial charge in [0.15, 0.2) is 6.04 Å². The van der Waals surface area contributed by atoms with Gasteiger partial charge in [0, 0.05) is 7.11 Å². The van der Waals surface area contributed by atoms with Crippen LogP contribution in [0.15, 0.2) is 18.2 Å². The van der Waals surface area contributed by atoms with Gasteiger partial charge in [-0.05, 0) is 18.2 Å². The van der Waals surface area contributed by atoms with Gasteiger partial charge in [0.2, 0.25) is 0 Å². The minimum absolute atomic E-state index is 0.132. The molecule has 1 aromatic rings. The maximum atomic E-state index is 12.1. The number of carbonyl (C=O) groups is 2. The molecule has 0 fully saturated rings. The Balaban J connectivity index is 2.97. The number of methoxy groups -OCH3 is 3. The van der Waals surface area contributed by atoms with Gasteiger partial charge >= 0.3 is 5.97 Å². The van der Waals surface area contributed by atoms with Crippen LogP contribution in [0.2, 0.25) is 0 Å². The van der Waals surface area contributed by atoms with E-state index in [4.69, 9.17) is 19.3 Å². The number of ether oxygens (including phenoxy) is 3. The van der Waals surface area contributed by atoms with Gasteiger partial charge in [0.25, 0.3) is 5.91 Å².